The number of H-pyrrole nitrogens is 2. The Hall–Kier alpha value is -3.61. The van der Waals surface area contributed by atoms with Crippen molar-refractivity contribution in [1.82, 2.24) is 9.97 Å². The molecule has 0 fully saturated rings. The monoisotopic (exact) mass is 350 g/mol. The first-order chi connectivity index (χ1) is 12.5. The van der Waals surface area contributed by atoms with Gasteiger partial charge in [-0.2, -0.15) is 0 Å². The zero-order chi connectivity index (χ0) is 18.5. The van der Waals surface area contributed by atoms with Gasteiger partial charge in [-0.3, -0.25) is 9.59 Å². The maximum Gasteiger partial charge on any atom is 0.323 e. The van der Waals surface area contributed by atoms with Gasteiger partial charge in [0.1, 0.15) is 0 Å². The number of anilines is 2. The van der Waals surface area contributed by atoms with Crippen molar-refractivity contribution in [3.8, 4) is 0 Å². The zero-order valence-corrected chi connectivity index (χ0v) is 14.0. The molecule has 1 heterocycles. The maximum absolute atomic E-state index is 12.2. The molecular formula is C19H18N4O3. The molecule has 7 heteroatoms. The SMILES string of the molecule is C=CC(=O)Nc1ccc(CCC(=O)Nc2cccc3[nH]c(=O)[nH]c23)cc1. The van der Waals surface area contributed by atoms with E-state index in [9.17, 15) is 14.4 Å². The summed E-state index contributed by atoms with van der Waals surface area (Å²) in [4.78, 5) is 40.2. The van der Waals surface area contributed by atoms with Crippen LogP contribution >= 0.6 is 0 Å². The van der Waals surface area contributed by atoms with E-state index in [2.05, 4.69) is 27.2 Å². The second-order valence-electron chi connectivity index (χ2n) is 5.75. The Balaban J connectivity index is 1.59. The molecule has 0 atom stereocenters. The molecule has 0 aliphatic heterocycles. The van der Waals surface area contributed by atoms with E-state index in [1.165, 1.54) is 6.08 Å². The molecule has 3 rings (SSSR count). The van der Waals surface area contributed by atoms with E-state index in [1.807, 2.05) is 12.1 Å². The Labute approximate surface area is 149 Å². The molecule has 2 aromatic carbocycles. The highest BCUT2D eigenvalue weighted by Crippen LogP contribution is 2.19. The molecule has 0 saturated heterocycles. The van der Waals surface area contributed by atoms with E-state index in [4.69, 9.17) is 0 Å². The van der Waals surface area contributed by atoms with Crippen molar-refractivity contribution < 1.29 is 9.59 Å². The predicted molar refractivity (Wildman–Crippen MR) is 101 cm³/mol. The van der Waals surface area contributed by atoms with Crippen LogP contribution in [-0.2, 0) is 16.0 Å². The summed E-state index contributed by atoms with van der Waals surface area (Å²) >= 11 is 0. The number of benzene rings is 2. The lowest BCUT2D eigenvalue weighted by atomic mass is 10.1. The smallest absolute Gasteiger partial charge is 0.323 e. The Kier molecular flexibility index (Phi) is 4.98. The zero-order valence-electron chi connectivity index (χ0n) is 14.0. The van der Waals surface area contributed by atoms with Gasteiger partial charge >= 0.3 is 5.69 Å². The van der Waals surface area contributed by atoms with Crippen LogP contribution in [0.5, 0.6) is 0 Å². The summed E-state index contributed by atoms with van der Waals surface area (Å²) in [5, 5.41) is 5.48. The fraction of sp³-hybridized carbons (Fsp3) is 0.105. The Morgan fingerprint density at radius 3 is 2.54 bits per heavy atom. The third-order valence-corrected chi connectivity index (χ3v) is 3.87. The second-order valence-corrected chi connectivity index (χ2v) is 5.75. The third-order valence-electron chi connectivity index (χ3n) is 3.87. The van der Waals surface area contributed by atoms with Gasteiger partial charge < -0.3 is 20.6 Å². The van der Waals surface area contributed by atoms with Crippen LogP contribution in [0.2, 0.25) is 0 Å². The summed E-state index contributed by atoms with van der Waals surface area (Å²) in [7, 11) is 0. The molecule has 0 radical (unpaired) electrons. The lowest BCUT2D eigenvalue weighted by Crippen LogP contribution is -2.13. The minimum absolute atomic E-state index is 0.149. The minimum Gasteiger partial charge on any atom is -0.324 e. The summed E-state index contributed by atoms with van der Waals surface area (Å²) in [6, 6.07) is 12.5. The highest BCUT2D eigenvalue weighted by Gasteiger charge is 2.08. The second kappa shape index (κ2) is 7.52. The highest BCUT2D eigenvalue weighted by atomic mass is 16.2. The summed E-state index contributed by atoms with van der Waals surface area (Å²) < 4.78 is 0. The number of rotatable bonds is 6. The van der Waals surface area contributed by atoms with Gasteiger partial charge in [-0.25, -0.2) is 4.79 Å². The topological polar surface area (TPSA) is 107 Å². The van der Waals surface area contributed by atoms with E-state index < -0.39 is 0 Å². The van der Waals surface area contributed by atoms with E-state index in [1.54, 1.807) is 30.3 Å². The number of fused-ring (bicyclic) bond motifs is 1. The van der Waals surface area contributed by atoms with Crippen LogP contribution in [0.25, 0.3) is 11.0 Å². The summed E-state index contributed by atoms with van der Waals surface area (Å²) in [5.41, 5.74) is 3.12. The molecule has 0 bridgehead atoms. The van der Waals surface area contributed by atoms with Gasteiger partial charge in [-0.15, -0.1) is 0 Å². The van der Waals surface area contributed by atoms with Gasteiger partial charge in [-0.05, 0) is 42.3 Å². The van der Waals surface area contributed by atoms with Crippen LogP contribution < -0.4 is 16.3 Å². The van der Waals surface area contributed by atoms with Crippen molar-refractivity contribution in [2.24, 2.45) is 0 Å². The average molecular weight is 350 g/mol. The van der Waals surface area contributed by atoms with Crippen molar-refractivity contribution in [3.05, 3.63) is 71.2 Å². The van der Waals surface area contributed by atoms with Crippen molar-refractivity contribution in [3.63, 3.8) is 0 Å². The lowest BCUT2D eigenvalue weighted by Gasteiger charge is -2.07. The lowest BCUT2D eigenvalue weighted by molar-refractivity contribution is -0.116. The van der Waals surface area contributed by atoms with Crippen LogP contribution in [-0.4, -0.2) is 21.8 Å². The quantitative estimate of drug-likeness (QED) is 0.513. The number of hydrogen-bond acceptors (Lipinski definition) is 3. The Bertz CT molecular complexity index is 1020. The number of nitrogens with one attached hydrogen (secondary N) is 4. The van der Waals surface area contributed by atoms with Gasteiger partial charge in [-0.1, -0.05) is 24.8 Å². The molecule has 0 saturated carbocycles. The first kappa shape index (κ1) is 17.2. The number of imidazole rings is 1. The fourth-order valence-corrected chi connectivity index (χ4v) is 2.58. The molecule has 0 aliphatic carbocycles. The van der Waals surface area contributed by atoms with E-state index in [-0.39, 0.29) is 17.5 Å². The first-order valence-corrected chi connectivity index (χ1v) is 8.08. The summed E-state index contributed by atoms with van der Waals surface area (Å²) in [6.07, 6.45) is 2.06. The van der Waals surface area contributed by atoms with Gasteiger partial charge in [0.2, 0.25) is 11.8 Å². The molecule has 2 amide bonds. The van der Waals surface area contributed by atoms with Crippen LogP contribution in [0.3, 0.4) is 0 Å². The molecule has 0 spiro atoms. The predicted octanol–water partition coefficient (Wildman–Crippen LogP) is 2.55. The van der Waals surface area contributed by atoms with E-state index in [0.717, 1.165) is 5.56 Å². The Morgan fingerprint density at radius 2 is 1.81 bits per heavy atom. The van der Waals surface area contributed by atoms with Gasteiger partial charge in [0, 0.05) is 12.1 Å². The molecule has 3 aromatic rings. The number of carbonyl (C=O) groups excluding carboxylic acids is 2. The molecule has 7 nitrogen and oxygen atoms in total. The Morgan fingerprint density at radius 1 is 1.04 bits per heavy atom. The van der Waals surface area contributed by atoms with Crippen molar-refractivity contribution in [2.75, 3.05) is 10.6 Å². The third kappa shape index (κ3) is 4.07. The molecule has 1 aromatic heterocycles. The van der Waals surface area contributed by atoms with Crippen molar-refractivity contribution in [1.29, 1.82) is 0 Å². The summed E-state index contributed by atoms with van der Waals surface area (Å²) in [5.74, 6) is -0.419. The molecule has 132 valence electrons. The van der Waals surface area contributed by atoms with Crippen LogP contribution in [0, 0.1) is 0 Å². The molecule has 0 unspecified atom stereocenters. The van der Waals surface area contributed by atoms with Gasteiger partial charge in [0.15, 0.2) is 0 Å². The average Bonchev–Trinajstić information content (AvgIpc) is 3.02. The highest BCUT2D eigenvalue weighted by molar-refractivity contribution is 5.99. The van der Waals surface area contributed by atoms with E-state index in [0.29, 0.717) is 35.2 Å². The number of aryl methyl sites for hydroxylation is 1. The number of hydrogen-bond donors (Lipinski definition) is 4. The van der Waals surface area contributed by atoms with Crippen LogP contribution in [0.15, 0.2) is 59.9 Å². The largest absolute Gasteiger partial charge is 0.324 e. The number of aromatic amines is 2. The number of para-hydroxylation sites is 1. The number of carbonyl (C=O) groups is 2. The van der Waals surface area contributed by atoms with Crippen LogP contribution in [0.4, 0.5) is 11.4 Å². The van der Waals surface area contributed by atoms with Gasteiger partial charge in [0.25, 0.3) is 0 Å². The standard InChI is InChI=1S/C19H18N4O3/c1-2-16(24)20-13-9-6-12(7-10-13)8-11-17(25)21-14-4-3-5-15-18(14)23-19(26)22-15/h2-7,9-10H,1,8,11H2,(H,20,24)(H,21,25)(H2,22,23,26). The molecular weight excluding hydrogens is 332 g/mol. The van der Waals surface area contributed by atoms with Crippen molar-refractivity contribution in [2.45, 2.75) is 12.8 Å². The number of amides is 2. The molecule has 4 N–H and O–H groups in total. The molecule has 26 heavy (non-hydrogen) atoms. The maximum atomic E-state index is 12.2. The number of aromatic nitrogens is 2. The summed E-state index contributed by atoms with van der Waals surface area (Å²) in [6.45, 7) is 3.40. The first-order valence-electron chi connectivity index (χ1n) is 8.08. The molecule has 0 aliphatic rings. The fourth-order valence-electron chi connectivity index (χ4n) is 2.58. The van der Waals surface area contributed by atoms with Crippen LogP contribution in [0.1, 0.15) is 12.0 Å². The van der Waals surface area contributed by atoms with Gasteiger partial charge in [0.05, 0.1) is 16.7 Å². The minimum atomic E-state index is -0.315. The van der Waals surface area contributed by atoms with E-state index >= 15 is 0 Å². The van der Waals surface area contributed by atoms with Crippen molar-refractivity contribution >= 4 is 34.2 Å². The normalized spacial score (nSPS) is 10.5.